The van der Waals surface area contributed by atoms with E-state index in [1.165, 1.54) is 26.0 Å². The molecule has 0 fully saturated rings. The number of carbonyl (C=O) groups is 1. The van der Waals surface area contributed by atoms with Crippen LogP contribution in [0, 0.1) is 0 Å². The van der Waals surface area contributed by atoms with Gasteiger partial charge >= 0.3 is 12.1 Å². The van der Waals surface area contributed by atoms with Gasteiger partial charge in [-0.25, -0.2) is 14.5 Å². The normalized spacial score (nSPS) is 12.1. The molecule has 3 rings (SSSR count). The van der Waals surface area contributed by atoms with Crippen molar-refractivity contribution < 1.29 is 37.3 Å². The van der Waals surface area contributed by atoms with Crippen molar-refractivity contribution in [2.45, 2.75) is 45.4 Å². The van der Waals surface area contributed by atoms with Crippen molar-refractivity contribution in [2.75, 3.05) is 13.7 Å². The second-order valence-corrected chi connectivity index (χ2v) is 8.20. The van der Waals surface area contributed by atoms with Crippen LogP contribution in [0.3, 0.4) is 0 Å². The van der Waals surface area contributed by atoms with Crippen LogP contribution in [-0.2, 0) is 40.2 Å². The number of nitrogens with zero attached hydrogens (tertiary/aromatic N) is 3. The van der Waals surface area contributed by atoms with E-state index in [0.29, 0.717) is 30.3 Å². The van der Waals surface area contributed by atoms with Crippen molar-refractivity contribution in [3.8, 4) is 17.1 Å². The van der Waals surface area contributed by atoms with E-state index in [-0.39, 0.29) is 19.0 Å². The number of hydrogen-bond donors (Lipinski definition) is 1. The van der Waals surface area contributed by atoms with Gasteiger partial charge in [-0.2, -0.15) is 18.3 Å². The van der Waals surface area contributed by atoms with Crippen molar-refractivity contribution in [2.24, 2.45) is 0 Å². The summed E-state index contributed by atoms with van der Waals surface area (Å²) in [6, 6.07) is 11.5. The molecule has 35 heavy (non-hydrogen) atoms. The number of carboxylic acid groups (broad SMARTS) is 1. The van der Waals surface area contributed by atoms with Crippen molar-refractivity contribution in [1.82, 2.24) is 14.8 Å². The third-order valence-corrected chi connectivity index (χ3v) is 5.04. The van der Waals surface area contributed by atoms with E-state index in [4.69, 9.17) is 19.3 Å². The molecule has 1 aromatic heterocycles. The van der Waals surface area contributed by atoms with Crippen LogP contribution in [0.2, 0.25) is 0 Å². The van der Waals surface area contributed by atoms with Crippen LogP contribution in [0.1, 0.15) is 30.8 Å². The van der Waals surface area contributed by atoms with Gasteiger partial charge in [0.05, 0.1) is 25.3 Å². The Balaban J connectivity index is 1.66. The molecule has 2 aromatic carbocycles. The minimum Gasteiger partial charge on any atom is -0.478 e. The first-order chi connectivity index (χ1) is 16.5. The average molecular weight is 493 g/mol. The second kappa shape index (κ2) is 10.9. The first kappa shape index (κ1) is 26.2. The maximum Gasteiger partial charge on any atom is 0.416 e. The highest BCUT2D eigenvalue weighted by Gasteiger charge is 2.30. The quantitative estimate of drug-likeness (QED) is 0.418. The lowest BCUT2D eigenvalue weighted by molar-refractivity contribution is -0.152. The third kappa shape index (κ3) is 7.03. The number of aliphatic carboxylic acids is 1. The molecule has 3 aromatic rings. The molecule has 0 saturated heterocycles. The molecule has 0 saturated carbocycles. The van der Waals surface area contributed by atoms with E-state index >= 15 is 0 Å². The maximum atomic E-state index is 12.8. The summed E-state index contributed by atoms with van der Waals surface area (Å²) in [5.74, 6) is 0.135. The number of rotatable bonds is 11. The minimum atomic E-state index is -4.42. The highest BCUT2D eigenvalue weighted by atomic mass is 19.4. The van der Waals surface area contributed by atoms with Crippen LogP contribution in [0.25, 0.3) is 11.4 Å². The Bertz CT molecular complexity index is 1130. The first-order valence-corrected chi connectivity index (χ1v) is 10.7. The molecule has 0 unspecified atom stereocenters. The fourth-order valence-corrected chi connectivity index (χ4v) is 3.02. The number of carboxylic acids is 1. The van der Waals surface area contributed by atoms with Crippen LogP contribution in [0.15, 0.2) is 48.5 Å². The SMILES string of the molecule is COCCn1nc(-c2ccc(C(F)(F)F)cc2)nc1COCc1ccc(OC(C)(C)C(=O)O)cc1. The van der Waals surface area contributed by atoms with E-state index in [2.05, 4.69) is 10.1 Å². The molecule has 8 nitrogen and oxygen atoms in total. The molecule has 188 valence electrons. The summed E-state index contributed by atoms with van der Waals surface area (Å²) in [5, 5.41) is 13.6. The third-order valence-electron chi connectivity index (χ3n) is 5.04. The lowest BCUT2D eigenvalue weighted by Crippen LogP contribution is -2.37. The van der Waals surface area contributed by atoms with E-state index in [1.54, 1.807) is 36.1 Å². The summed E-state index contributed by atoms with van der Waals surface area (Å²) in [5.41, 5.74) is -0.812. The summed E-state index contributed by atoms with van der Waals surface area (Å²) < 4.78 is 56.5. The molecule has 0 radical (unpaired) electrons. The Morgan fingerprint density at radius 1 is 1.03 bits per heavy atom. The number of ether oxygens (including phenoxy) is 3. The van der Waals surface area contributed by atoms with Gasteiger partial charge in [-0.1, -0.05) is 24.3 Å². The van der Waals surface area contributed by atoms with E-state index < -0.39 is 23.3 Å². The van der Waals surface area contributed by atoms with Crippen molar-refractivity contribution in [3.05, 3.63) is 65.5 Å². The molecule has 0 aliphatic carbocycles. The van der Waals surface area contributed by atoms with Gasteiger partial charge in [-0.05, 0) is 43.7 Å². The van der Waals surface area contributed by atoms with Crippen LogP contribution in [0.5, 0.6) is 5.75 Å². The fraction of sp³-hybridized carbons (Fsp3) is 0.375. The lowest BCUT2D eigenvalue weighted by atomic mass is 10.1. The van der Waals surface area contributed by atoms with Gasteiger partial charge in [0.15, 0.2) is 17.2 Å². The van der Waals surface area contributed by atoms with Crippen molar-refractivity contribution >= 4 is 5.97 Å². The van der Waals surface area contributed by atoms with Gasteiger partial charge in [-0.3, -0.25) is 0 Å². The Hall–Kier alpha value is -3.44. The highest BCUT2D eigenvalue weighted by Crippen LogP contribution is 2.30. The van der Waals surface area contributed by atoms with Crippen molar-refractivity contribution in [3.63, 3.8) is 0 Å². The van der Waals surface area contributed by atoms with E-state index in [9.17, 15) is 18.0 Å². The van der Waals surface area contributed by atoms with E-state index in [1.807, 2.05) is 0 Å². The van der Waals surface area contributed by atoms with Gasteiger partial charge in [0.1, 0.15) is 12.4 Å². The van der Waals surface area contributed by atoms with Gasteiger partial charge in [-0.15, -0.1) is 0 Å². The van der Waals surface area contributed by atoms with Gasteiger partial charge in [0, 0.05) is 12.7 Å². The number of methoxy groups -OCH3 is 1. The van der Waals surface area contributed by atoms with Crippen LogP contribution in [0.4, 0.5) is 13.2 Å². The molecule has 0 amide bonds. The van der Waals surface area contributed by atoms with Gasteiger partial charge in [0.2, 0.25) is 0 Å². The number of hydrogen-bond acceptors (Lipinski definition) is 6. The number of alkyl halides is 3. The zero-order valence-electron chi connectivity index (χ0n) is 19.5. The summed E-state index contributed by atoms with van der Waals surface area (Å²) in [7, 11) is 1.55. The Labute approximate surface area is 200 Å². The Morgan fingerprint density at radius 3 is 2.26 bits per heavy atom. The summed E-state index contributed by atoms with van der Waals surface area (Å²) in [4.78, 5) is 15.6. The largest absolute Gasteiger partial charge is 0.478 e. The zero-order valence-corrected chi connectivity index (χ0v) is 19.5. The van der Waals surface area contributed by atoms with Gasteiger partial charge in [0.25, 0.3) is 0 Å². The molecular weight excluding hydrogens is 467 g/mol. The van der Waals surface area contributed by atoms with Crippen LogP contribution >= 0.6 is 0 Å². The predicted molar refractivity (Wildman–Crippen MR) is 120 cm³/mol. The molecule has 0 aliphatic rings. The van der Waals surface area contributed by atoms with Crippen LogP contribution < -0.4 is 4.74 Å². The van der Waals surface area contributed by atoms with E-state index in [0.717, 1.165) is 17.7 Å². The van der Waals surface area contributed by atoms with Crippen molar-refractivity contribution in [1.29, 1.82) is 0 Å². The first-order valence-electron chi connectivity index (χ1n) is 10.7. The van der Waals surface area contributed by atoms with Crippen LogP contribution in [-0.4, -0.2) is 45.2 Å². The molecule has 11 heteroatoms. The zero-order chi connectivity index (χ0) is 25.6. The maximum absolute atomic E-state index is 12.8. The predicted octanol–water partition coefficient (Wildman–Crippen LogP) is 4.57. The second-order valence-electron chi connectivity index (χ2n) is 8.20. The smallest absolute Gasteiger partial charge is 0.416 e. The molecule has 1 heterocycles. The standard InChI is InChI=1S/C24H26F3N3O5/c1-23(2,22(31)32)35-19-10-4-16(5-11-19)14-34-15-20-28-21(29-30(20)12-13-33-3)17-6-8-18(9-7-17)24(25,26)27/h4-11H,12-15H2,1-3H3,(H,31,32). The topological polar surface area (TPSA) is 95.7 Å². The highest BCUT2D eigenvalue weighted by molar-refractivity contribution is 5.76. The lowest BCUT2D eigenvalue weighted by Gasteiger charge is -2.21. The van der Waals surface area contributed by atoms with Gasteiger partial charge < -0.3 is 19.3 Å². The number of aromatic nitrogens is 3. The average Bonchev–Trinajstić information content (AvgIpc) is 3.21. The number of halogens is 3. The molecular formula is C24H26F3N3O5. The fourth-order valence-electron chi connectivity index (χ4n) is 3.02. The molecule has 0 bridgehead atoms. The summed E-state index contributed by atoms with van der Waals surface area (Å²) in [6.45, 7) is 4.05. The minimum absolute atomic E-state index is 0.113. The monoisotopic (exact) mass is 493 g/mol. The summed E-state index contributed by atoms with van der Waals surface area (Å²) in [6.07, 6.45) is -4.42. The molecule has 0 spiro atoms. The molecule has 0 atom stereocenters. The molecule has 0 aliphatic heterocycles. The molecule has 1 N–H and O–H groups in total. The number of benzene rings is 2. The Kier molecular flexibility index (Phi) is 8.13. The summed E-state index contributed by atoms with van der Waals surface area (Å²) >= 11 is 0. The Morgan fingerprint density at radius 2 is 1.69 bits per heavy atom.